The summed E-state index contributed by atoms with van der Waals surface area (Å²) in [6, 6.07) is 5.11. The number of hydrogen-bond acceptors (Lipinski definition) is 4. The van der Waals surface area contributed by atoms with Gasteiger partial charge in [-0.25, -0.2) is 0 Å². The minimum atomic E-state index is -0.989. The predicted octanol–water partition coefficient (Wildman–Crippen LogP) is 1.89. The number of aromatic hydroxyl groups is 1. The third kappa shape index (κ3) is 3.59. The van der Waals surface area contributed by atoms with Gasteiger partial charge in [-0.1, -0.05) is 15.9 Å². The molecule has 0 bridgehead atoms. The summed E-state index contributed by atoms with van der Waals surface area (Å²) in [6.07, 6.45) is 3.46. The van der Waals surface area contributed by atoms with Gasteiger partial charge in [0.2, 0.25) is 0 Å². The molecule has 6 heteroatoms. The van der Waals surface area contributed by atoms with Gasteiger partial charge >= 0.3 is 0 Å². The molecule has 108 valence electrons. The van der Waals surface area contributed by atoms with Crippen LogP contribution in [0, 0.1) is 0 Å². The Labute approximate surface area is 126 Å². The number of rotatable bonds is 5. The van der Waals surface area contributed by atoms with Crippen LogP contribution in [0.5, 0.6) is 5.75 Å². The third-order valence-electron chi connectivity index (χ3n) is 3.14. The molecular formula is C14H18BrN3O2. The first-order chi connectivity index (χ1) is 9.38. The molecule has 1 unspecified atom stereocenters. The molecule has 1 aromatic carbocycles. The largest absolute Gasteiger partial charge is 0.508 e. The number of aryl methyl sites for hydroxylation is 1. The monoisotopic (exact) mass is 339 g/mol. The van der Waals surface area contributed by atoms with E-state index in [2.05, 4.69) is 26.3 Å². The second-order valence-electron chi connectivity index (χ2n) is 5.06. The van der Waals surface area contributed by atoms with E-state index in [0.717, 1.165) is 15.6 Å². The molecule has 1 atom stereocenters. The van der Waals surface area contributed by atoms with Crippen LogP contribution in [0.1, 0.15) is 18.1 Å². The molecule has 0 aliphatic carbocycles. The number of nitrogens with zero attached hydrogens (tertiary/aromatic N) is 2. The van der Waals surface area contributed by atoms with Gasteiger partial charge in [-0.3, -0.25) is 4.68 Å². The van der Waals surface area contributed by atoms with E-state index in [4.69, 9.17) is 0 Å². The summed E-state index contributed by atoms with van der Waals surface area (Å²) in [6.45, 7) is 2.68. The summed E-state index contributed by atoms with van der Waals surface area (Å²) in [4.78, 5) is 0. The lowest BCUT2D eigenvalue weighted by Crippen LogP contribution is -2.34. The molecule has 1 aromatic heterocycles. The maximum absolute atomic E-state index is 10.4. The van der Waals surface area contributed by atoms with E-state index < -0.39 is 5.60 Å². The van der Waals surface area contributed by atoms with E-state index in [-0.39, 0.29) is 5.75 Å². The Morgan fingerprint density at radius 3 is 2.85 bits per heavy atom. The van der Waals surface area contributed by atoms with Crippen LogP contribution in [-0.4, -0.2) is 26.5 Å². The van der Waals surface area contributed by atoms with Crippen LogP contribution in [-0.2, 0) is 19.2 Å². The van der Waals surface area contributed by atoms with Gasteiger partial charge < -0.3 is 15.5 Å². The summed E-state index contributed by atoms with van der Waals surface area (Å²) in [5.41, 5.74) is 0.715. The zero-order valence-corrected chi connectivity index (χ0v) is 13.1. The van der Waals surface area contributed by atoms with Crippen LogP contribution in [0.15, 0.2) is 35.1 Å². The molecule has 0 amide bonds. The maximum Gasteiger partial charge on any atom is 0.115 e. The molecule has 3 N–H and O–H groups in total. The first-order valence-corrected chi connectivity index (χ1v) is 7.07. The Balaban J connectivity index is 1.97. The number of benzene rings is 1. The van der Waals surface area contributed by atoms with Gasteiger partial charge in [-0.15, -0.1) is 0 Å². The van der Waals surface area contributed by atoms with E-state index in [1.54, 1.807) is 42.2 Å². The topological polar surface area (TPSA) is 70.3 Å². The molecule has 0 aliphatic rings. The van der Waals surface area contributed by atoms with Crippen molar-refractivity contribution < 1.29 is 10.2 Å². The van der Waals surface area contributed by atoms with Crippen molar-refractivity contribution in [2.75, 3.05) is 6.54 Å². The number of nitrogens with one attached hydrogen (secondary N) is 1. The SMILES string of the molecule is Cn1cc(C(C)(O)CNCc2cc(O)ccc2Br)cn1. The first kappa shape index (κ1) is 15.0. The average Bonchev–Trinajstić information content (AvgIpc) is 2.81. The molecular weight excluding hydrogens is 322 g/mol. The summed E-state index contributed by atoms with van der Waals surface area (Å²) in [7, 11) is 1.82. The summed E-state index contributed by atoms with van der Waals surface area (Å²) >= 11 is 3.43. The fourth-order valence-electron chi connectivity index (χ4n) is 1.94. The summed E-state index contributed by atoms with van der Waals surface area (Å²) < 4.78 is 2.58. The van der Waals surface area contributed by atoms with Gasteiger partial charge in [0.1, 0.15) is 11.4 Å². The highest BCUT2D eigenvalue weighted by Gasteiger charge is 2.24. The number of phenols is 1. The van der Waals surface area contributed by atoms with Crippen molar-refractivity contribution in [1.82, 2.24) is 15.1 Å². The van der Waals surface area contributed by atoms with Gasteiger partial charge in [0, 0.05) is 36.4 Å². The third-order valence-corrected chi connectivity index (χ3v) is 3.91. The van der Waals surface area contributed by atoms with E-state index in [0.29, 0.717) is 13.1 Å². The molecule has 2 aromatic rings. The van der Waals surface area contributed by atoms with E-state index in [1.165, 1.54) is 0 Å². The van der Waals surface area contributed by atoms with E-state index in [1.807, 2.05) is 7.05 Å². The lowest BCUT2D eigenvalue weighted by Gasteiger charge is -2.22. The Bertz CT molecular complexity index is 596. The maximum atomic E-state index is 10.4. The highest BCUT2D eigenvalue weighted by Crippen LogP contribution is 2.22. The smallest absolute Gasteiger partial charge is 0.115 e. The highest BCUT2D eigenvalue weighted by molar-refractivity contribution is 9.10. The van der Waals surface area contributed by atoms with Crippen molar-refractivity contribution in [1.29, 1.82) is 0 Å². The van der Waals surface area contributed by atoms with Gasteiger partial charge in [0.05, 0.1) is 6.20 Å². The Hall–Kier alpha value is -1.37. The average molecular weight is 340 g/mol. The standard InChI is InChI=1S/C14H18BrN3O2/c1-14(20,11-7-17-18(2)8-11)9-16-6-10-5-12(19)3-4-13(10)15/h3-5,7-8,16,19-20H,6,9H2,1-2H3. The second-order valence-corrected chi connectivity index (χ2v) is 5.91. The van der Waals surface area contributed by atoms with Crippen LogP contribution >= 0.6 is 15.9 Å². The van der Waals surface area contributed by atoms with Crippen molar-refractivity contribution in [3.8, 4) is 5.75 Å². The summed E-state index contributed by atoms with van der Waals surface area (Å²) in [5, 5.41) is 27.1. The lowest BCUT2D eigenvalue weighted by molar-refractivity contribution is 0.0566. The molecule has 0 saturated carbocycles. The molecule has 1 heterocycles. The first-order valence-electron chi connectivity index (χ1n) is 6.28. The molecule has 0 radical (unpaired) electrons. The van der Waals surface area contributed by atoms with Crippen molar-refractivity contribution in [3.63, 3.8) is 0 Å². The Kier molecular flexibility index (Phi) is 4.47. The van der Waals surface area contributed by atoms with Gasteiger partial charge in [0.15, 0.2) is 0 Å². The normalized spacial score (nSPS) is 14.2. The molecule has 20 heavy (non-hydrogen) atoms. The van der Waals surface area contributed by atoms with Crippen LogP contribution in [0.2, 0.25) is 0 Å². The highest BCUT2D eigenvalue weighted by atomic mass is 79.9. The fourth-order valence-corrected chi connectivity index (χ4v) is 2.33. The summed E-state index contributed by atoms with van der Waals surface area (Å²) in [5.74, 6) is 0.226. The molecule has 0 fully saturated rings. The number of aliphatic hydroxyl groups is 1. The quantitative estimate of drug-likeness (QED) is 0.777. The van der Waals surface area contributed by atoms with Crippen molar-refractivity contribution in [2.45, 2.75) is 19.1 Å². The second kappa shape index (κ2) is 5.95. The number of hydrogen-bond donors (Lipinski definition) is 3. The van der Waals surface area contributed by atoms with Crippen LogP contribution < -0.4 is 5.32 Å². The van der Waals surface area contributed by atoms with Crippen LogP contribution in [0.4, 0.5) is 0 Å². The van der Waals surface area contributed by atoms with Crippen molar-refractivity contribution in [3.05, 3.63) is 46.2 Å². The molecule has 0 spiro atoms. The van der Waals surface area contributed by atoms with Crippen LogP contribution in [0.3, 0.4) is 0 Å². The van der Waals surface area contributed by atoms with Crippen molar-refractivity contribution >= 4 is 15.9 Å². The Morgan fingerprint density at radius 1 is 1.45 bits per heavy atom. The van der Waals surface area contributed by atoms with Gasteiger partial charge in [-0.2, -0.15) is 5.10 Å². The number of aromatic nitrogens is 2. The molecule has 2 rings (SSSR count). The van der Waals surface area contributed by atoms with E-state index >= 15 is 0 Å². The Morgan fingerprint density at radius 2 is 2.20 bits per heavy atom. The minimum absolute atomic E-state index is 0.226. The van der Waals surface area contributed by atoms with Gasteiger partial charge in [-0.05, 0) is 30.7 Å². The molecule has 0 saturated heterocycles. The van der Waals surface area contributed by atoms with Crippen molar-refractivity contribution in [2.24, 2.45) is 7.05 Å². The lowest BCUT2D eigenvalue weighted by atomic mass is 9.99. The van der Waals surface area contributed by atoms with Gasteiger partial charge in [0.25, 0.3) is 0 Å². The number of phenolic OH excluding ortho intramolecular Hbond substituents is 1. The zero-order valence-electron chi connectivity index (χ0n) is 11.5. The zero-order chi connectivity index (χ0) is 14.8. The van der Waals surface area contributed by atoms with E-state index in [9.17, 15) is 10.2 Å². The fraction of sp³-hybridized carbons (Fsp3) is 0.357. The predicted molar refractivity (Wildman–Crippen MR) is 80.3 cm³/mol. The molecule has 0 aliphatic heterocycles. The van der Waals surface area contributed by atoms with Crippen LogP contribution in [0.25, 0.3) is 0 Å². The minimum Gasteiger partial charge on any atom is -0.508 e. The number of halogens is 1. The molecule has 5 nitrogen and oxygen atoms in total.